The van der Waals surface area contributed by atoms with Gasteiger partial charge in [0.1, 0.15) is 13.2 Å². The van der Waals surface area contributed by atoms with Crippen molar-refractivity contribution in [2.24, 2.45) is 0 Å². The number of esters is 3. The molecule has 6 heteroatoms. The molecule has 0 aromatic rings. The van der Waals surface area contributed by atoms with Crippen LogP contribution in [0.25, 0.3) is 0 Å². The van der Waals surface area contributed by atoms with Crippen LogP contribution in [-0.4, -0.2) is 37.2 Å². The Hall–Kier alpha value is -2.63. The second kappa shape index (κ2) is 66.9. The van der Waals surface area contributed by atoms with E-state index in [4.69, 9.17) is 14.2 Å². The molecule has 0 aromatic carbocycles. The summed E-state index contributed by atoms with van der Waals surface area (Å²) in [5.41, 5.74) is 0. The van der Waals surface area contributed by atoms with Gasteiger partial charge >= 0.3 is 17.9 Å². The third-order valence-corrected chi connectivity index (χ3v) is 15.6. The minimum Gasteiger partial charge on any atom is -0.462 e. The maximum atomic E-state index is 12.9. The number of carbonyl (C=O) groups excluding carboxylic acids is 3. The Bertz CT molecular complexity index is 1350. The van der Waals surface area contributed by atoms with Crippen LogP contribution in [0, 0.1) is 0 Å². The summed E-state index contributed by atoms with van der Waals surface area (Å²) in [5, 5.41) is 0. The molecule has 0 radical (unpaired) electrons. The number of hydrogen-bond acceptors (Lipinski definition) is 6. The van der Waals surface area contributed by atoms with Crippen molar-refractivity contribution < 1.29 is 28.6 Å². The standard InChI is InChI=1S/C72H132O6/c1-4-7-10-13-16-18-20-22-24-26-28-30-31-32-33-34-35-36-37-38-39-40-42-43-45-47-49-51-53-56-59-62-65-71(74)77-68-69(67-76-70(73)64-61-58-55-15-12-9-6-3)78-72(75)66-63-60-57-54-52-50-48-46-44-41-29-27-25-23-21-19-17-14-11-8-5-2/h8,11,17,19,23,25,29,41,69H,4-7,9-10,12-16,18,20-22,24,26-28,30-40,42-68H2,1-3H3/b11-8-,19-17-,25-23-,41-29-. The van der Waals surface area contributed by atoms with E-state index in [2.05, 4.69) is 69.4 Å². The molecule has 0 fully saturated rings. The molecule has 0 aromatic heterocycles. The Kier molecular flexibility index (Phi) is 64.6. The number of rotatable bonds is 64. The van der Waals surface area contributed by atoms with E-state index in [9.17, 15) is 14.4 Å². The van der Waals surface area contributed by atoms with Crippen molar-refractivity contribution in [1.82, 2.24) is 0 Å². The third kappa shape index (κ3) is 64.2. The van der Waals surface area contributed by atoms with Gasteiger partial charge in [-0.2, -0.15) is 0 Å². The average Bonchev–Trinajstić information content (AvgIpc) is 3.44. The second-order valence-electron chi connectivity index (χ2n) is 23.4. The first kappa shape index (κ1) is 75.4. The quantitative estimate of drug-likeness (QED) is 0.0261. The van der Waals surface area contributed by atoms with Gasteiger partial charge in [0, 0.05) is 19.3 Å². The molecule has 0 aliphatic rings. The van der Waals surface area contributed by atoms with Crippen molar-refractivity contribution in [1.29, 1.82) is 0 Å². The van der Waals surface area contributed by atoms with Gasteiger partial charge in [-0.1, -0.05) is 345 Å². The summed E-state index contributed by atoms with van der Waals surface area (Å²) in [5.74, 6) is -0.866. The summed E-state index contributed by atoms with van der Waals surface area (Å²) in [7, 11) is 0. The van der Waals surface area contributed by atoms with E-state index in [1.54, 1.807) is 0 Å². The lowest BCUT2D eigenvalue weighted by Crippen LogP contribution is -2.30. The average molecular weight is 1090 g/mol. The highest BCUT2D eigenvalue weighted by molar-refractivity contribution is 5.71. The van der Waals surface area contributed by atoms with Gasteiger partial charge in [0.25, 0.3) is 0 Å². The van der Waals surface area contributed by atoms with Crippen LogP contribution >= 0.6 is 0 Å². The van der Waals surface area contributed by atoms with Crippen LogP contribution in [0.1, 0.15) is 374 Å². The van der Waals surface area contributed by atoms with Gasteiger partial charge in [-0.25, -0.2) is 0 Å². The highest BCUT2D eigenvalue weighted by atomic mass is 16.6. The van der Waals surface area contributed by atoms with E-state index in [0.29, 0.717) is 19.3 Å². The van der Waals surface area contributed by atoms with Gasteiger partial charge in [0.15, 0.2) is 6.10 Å². The molecule has 0 bridgehead atoms. The highest BCUT2D eigenvalue weighted by Crippen LogP contribution is 2.19. The Morgan fingerprint density at radius 3 is 0.782 bits per heavy atom. The second-order valence-corrected chi connectivity index (χ2v) is 23.4. The molecule has 0 amide bonds. The van der Waals surface area contributed by atoms with Crippen molar-refractivity contribution in [2.45, 2.75) is 380 Å². The Labute approximate surface area is 486 Å². The van der Waals surface area contributed by atoms with Crippen LogP contribution in [0.2, 0.25) is 0 Å². The predicted molar refractivity (Wildman–Crippen MR) is 339 cm³/mol. The summed E-state index contributed by atoms with van der Waals surface area (Å²) in [6, 6.07) is 0. The molecule has 0 rings (SSSR count). The van der Waals surface area contributed by atoms with Crippen LogP contribution in [0.4, 0.5) is 0 Å². The van der Waals surface area contributed by atoms with Crippen LogP contribution < -0.4 is 0 Å². The minimum atomic E-state index is -0.774. The van der Waals surface area contributed by atoms with E-state index >= 15 is 0 Å². The summed E-state index contributed by atoms with van der Waals surface area (Å²) in [6.45, 7) is 6.54. The zero-order valence-electron chi connectivity index (χ0n) is 52.5. The smallest absolute Gasteiger partial charge is 0.306 e. The number of ether oxygens (including phenoxy) is 3. The van der Waals surface area contributed by atoms with E-state index in [1.807, 2.05) is 0 Å². The normalized spacial score (nSPS) is 12.3. The van der Waals surface area contributed by atoms with Gasteiger partial charge in [-0.3, -0.25) is 14.4 Å². The van der Waals surface area contributed by atoms with Crippen molar-refractivity contribution in [2.75, 3.05) is 13.2 Å². The topological polar surface area (TPSA) is 78.9 Å². The molecule has 0 aliphatic carbocycles. The van der Waals surface area contributed by atoms with E-state index < -0.39 is 6.10 Å². The molecule has 0 heterocycles. The fourth-order valence-corrected chi connectivity index (χ4v) is 10.4. The van der Waals surface area contributed by atoms with Crippen LogP contribution in [0.5, 0.6) is 0 Å². The zero-order chi connectivity index (χ0) is 56.4. The summed E-state index contributed by atoms with van der Waals surface area (Å²) >= 11 is 0. The first-order valence-electron chi connectivity index (χ1n) is 34.6. The van der Waals surface area contributed by atoms with Crippen LogP contribution in [0.3, 0.4) is 0 Å². The first-order chi connectivity index (χ1) is 38.5. The van der Waals surface area contributed by atoms with Gasteiger partial charge in [0.05, 0.1) is 0 Å². The molecule has 1 unspecified atom stereocenters. The lowest BCUT2D eigenvalue weighted by Gasteiger charge is -2.18. The predicted octanol–water partition coefficient (Wildman–Crippen LogP) is 23.7. The van der Waals surface area contributed by atoms with Crippen molar-refractivity contribution in [3.05, 3.63) is 48.6 Å². The number of carbonyl (C=O) groups is 3. The number of hydrogen-bond donors (Lipinski definition) is 0. The third-order valence-electron chi connectivity index (χ3n) is 15.6. The largest absolute Gasteiger partial charge is 0.462 e. The molecule has 0 aliphatic heterocycles. The molecular formula is C72H132O6. The number of allylic oxidation sites excluding steroid dienone is 8. The van der Waals surface area contributed by atoms with Gasteiger partial charge in [0.2, 0.25) is 0 Å². The van der Waals surface area contributed by atoms with Gasteiger partial charge in [-0.15, -0.1) is 0 Å². The highest BCUT2D eigenvalue weighted by Gasteiger charge is 2.19. The van der Waals surface area contributed by atoms with Crippen molar-refractivity contribution >= 4 is 17.9 Å². The van der Waals surface area contributed by atoms with E-state index in [1.165, 1.54) is 244 Å². The zero-order valence-corrected chi connectivity index (χ0v) is 52.5. The molecular weight excluding hydrogens is 961 g/mol. The molecule has 0 saturated heterocycles. The summed E-state index contributed by atoms with van der Waals surface area (Å²) in [4.78, 5) is 38.1. The number of unbranched alkanes of at least 4 members (excludes halogenated alkanes) is 45. The monoisotopic (exact) mass is 1090 g/mol. The van der Waals surface area contributed by atoms with Crippen molar-refractivity contribution in [3.8, 4) is 0 Å². The lowest BCUT2D eigenvalue weighted by molar-refractivity contribution is -0.167. The summed E-state index contributed by atoms with van der Waals surface area (Å²) in [6.07, 6.45) is 84.7. The molecule has 1 atom stereocenters. The maximum Gasteiger partial charge on any atom is 0.306 e. The van der Waals surface area contributed by atoms with Gasteiger partial charge in [-0.05, 0) is 57.8 Å². The molecule has 6 nitrogen and oxygen atoms in total. The SMILES string of the molecule is CC/C=C\C/C=C\C/C=C\C/C=C\CCCCCCCCCCC(=O)OC(COC(=O)CCCCCCCCC)COC(=O)CCCCCCCCCCCCCCCCCCCCCCCCCCCCCCCCCC. The summed E-state index contributed by atoms with van der Waals surface area (Å²) < 4.78 is 16.9. The van der Waals surface area contributed by atoms with E-state index in [-0.39, 0.29) is 31.1 Å². The fourth-order valence-electron chi connectivity index (χ4n) is 10.4. The molecule has 456 valence electrons. The molecule has 0 N–H and O–H groups in total. The molecule has 0 saturated carbocycles. The van der Waals surface area contributed by atoms with E-state index in [0.717, 1.165) is 89.9 Å². The Morgan fingerprint density at radius 1 is 0.269 bits per heavy atom. The maximum absolute atomic E-state index is 12.9. The fraction of sp³-hybridized carbons (Fsp3) is 0.847. The Balaban J connectivity index is 3.99. The Morgan fingerprint density at radius 2 is 0.500 bits per heavy atom. The van der Waals surface area contributed by atoms with Crippen LogP contribution in [0.15, 0.2) is 48.6 Å². The van der Waals surface area contributed by atoms with Gasteiger partial charge < -0.3 is 14.2 Å². The molecule has 0 spiro atoms. The molecule has 78 heavy (non-hydrogen) atoms. The first-order valence-corrected chi connectivity index (χ1v) is 34.6. The van der Waals surface area contributed by atoms with Crippen molar-refractivity contribution in [3.63, 3.8) is 0 Å². The minimum absolute atomic E-state index is 0.0722. The lowest BCUT2D eigenvalue weighted by atomic mass is 10.0. The van der Waals surface area contributed by atoms with Crippen LogP contribution in [-0.2, 0) is 28.6 Å².